The number of rotatable bonds is 11. The van der Waals surface area contributed by atoms with Crippen LogP contribution in [0.4, 0.5) is 0 Å². The first-order chi connectivity index (χ1) is 18.2. The van der Waals surface area contributed by atoms with Gasteiger partial charge in [-0.25, -0.2) is 4.79 Å². The lowest BCUT2D eigenvalue weighted by Gasteiger charge is -2.18. The minimum absolute atomic E-state index is 0.0892. The Hall–Kier alpha value is -3.65. The molecule has 2 atom stereocenters. The van der Waals surface area contributed by atoms with Crippen molar-refractivity contribution in [2.24, 2.45) is 0 Å². The van der Waals surface area contributed by atoms with E-state index in [4.69, 9.17) is 16.3 Å². The van der Waals surface area contributed by atoms with Crippen molar-refractivity contribution in [3.8, 4) is 0 Å². The predicted octanol–water partition coefficient (Wildman–Crippen LogP) is 5.01. The van der Waals surface area contributed by atoms with Crippen molar-refractivity contribution in [3.63, 3.8) is 0 Å². The number of hydrogen-bond acceptors (Lipinski definition) is 5. The maximum atomic E-state index is 12.6. The number of halogens is 1. The molecule has 0 spiro atoms. The van der Waals surface area contributed by atoms with Gasteiger partial charge >= 0.3 is 11.9 Å². The largest absolute Gasteiger partial charge is 0.481 e. The second kappa shape index (κ2) is 12.3. The summed E-state index contributed by atoms with van der Waals surface area (Å²) in [6.07, 6.45) is -0.0400. The summed E-state index contributed by atoms with van der Waals surface area (Å²) in [5.74, 6) is -1.36. The molecular formula is C30H31ClN2O5. The van der Waals surface area contributed by atoms with E-state index in [0.29, 0.717) is 29.4 Å². The minimum Gasteiger partial charge on any atom is -0.481 e. The van der Waals surface area contributed by atoms with E-state index < -0.39 is 18.0 Å². The Balaban J connectivity index is 1.53. The molecule has 4 rings (SSSR count). The molecule has 1 aromatic heterocycles. The first-order valence-corrected chi connectivity index (χ1v) is 12.8. The third-order valence-electron chi connectivity index (χ3n) is 6.58. The number of aliphatic carboxylic acids is 1. The lowest BCUT2D eigenvalue weighted by Crippen LogP contribution is -2.32. The van der Waals surface area contributed by atoms with Crippen LogP contribution in [-0.2, 0) is 28.9 Å². The van der Waals surface area contributed by atoms with Crippen molar-refractivity contribution in [3.05, 3.63) is 106 Å². The van der Waals surface area contributed by atoms with E-state index in [1.165, 1.54) is 7.11 Å². The summed E-state index contributed by atoms with van der Waals surface area (Å²) < 4.78 is 6.91. The molecule has 3 aromatic carbocycles. The van der Waals surface area contributed by atoms with Crippen molar-refractivity contribution in [2.45, 2.75) is 38.5 Å². The van der Waals surface area contributed by atoms with Gasteiger partial charge in [-0.15, -0.1) is 0 Å². The highest BCUT2D eigenvalue weighted by atomic mass is 35.5. The van der Waals surface area contributed by atoms with E-state index in [0.717, 1.165) is 34.0 Å². The Labute approximate surface area is 226 Å². The third-order valence-corrected chi connectivity index (χ3v) is 6.82. The van der Waals surface area contributed by atoms with E-state index in [1.54, 1.807) is 18.2 Å². The SMILES string of the molecule is COC(=O)c1cc2cc(CC(C)NCC(O)c3cccc(Cl)c3)ccc2n1Cc1ccccc1CC(=O)O. The molecule has 38 heavy (non-hydrogen) atoms. The highest BCUT2D eigenvalue weighted by Crippen LogP contribution is 2.25. The van der Waals surface area contributed by atoms with Crippen LogP contribution in [0.15, 0.2) is 72.8 Å². The van der Waals surface area contributed by atoms with Crippen molar-refractivity contribution in [2.75, 3.05) is 13.7 Å². The maximum absolute atomic E-state index is 12.6. The van der Waals surface area contributed by atoms with Crippen LogP contribution in [0.5, 0.6) is 0 Å². The van der Waals surface area contributed by atoms with Crippen LogP contribution in [0.3, 0.4) is 0 Å². The number of fused-ring (bicyclic) bond motifs is 1. The smallest absolute Gasteiger partial charge is 0.354 e. The Morgan fingerprint density at radius 3 is 2.50 bits per heavy atom. The average molecular weight is 535 g/mol. The number of methoxy groups -OCH3 is 1. The van der Waals surface area contributed by atoms with E-state index >= 15 is 0 Å². The predicted molar refractivity (Wildman–Crippen MR) is 148 cm³/mol. The van der Waals surface area contributed by atoms with Crippen LogP contribution in [0.25, 0.3) is 10.9 Å². The molecular weight excluding hydrogens is 504 g/mol. The molecule has 0 fully saturated rings. The van der Waals surface area contributed by atoms with Gasteiger partial charge in [0.05, 0.1) is 19.6 Å². The molecule has 0 aliphatic heterocycles. The molecule has 0 aliphatic rings. The fourth-order valence-corrected chi connectivity index (χ4v) is 4.88. The fraction of sp³-hybridized carbons (Fsp3) is 0.267. The molecule has 8 heteroatoms. The molecule has 0 saturated carbocycles. The summed E-state index contributed by atoms with van der Waals surface area (Å²) in [4.78, 5) is 24.0. The van der Waals surface area contributed by atoms with Gasteiger partial charge in [-0.05, 0) is 65.9 Å². The number of esters is 1. The van der Waals surface area contributed by atoms with E-state index in [2.05, 4.69) is 12.2 Å². The topological polar surface area (TPSA) is 101 Å². The number of benzene rings is 3. The lowest BCUT2D eigenvalue weighted by molar-refractivity contribution is -0.136. The Kier molecular flexibility index (Phi) is 8.84. The van der Waals surface area contributed by atoms with Gasteiger partial charge in [-0.2, -0.15) is 0 Å². The number of carboxylic acids is 1. The third kappa shape index (κ3) is 6.61. The molecule has 0 radical (unpaired) electrons. The highest BCUT2D eigenvalue weighted by Gasteiger charge is 2.19. The second-order valence-corrected chi connectivity index (χ2v) is 9.86. The standard InChI is InChI=1S/C30H31ClN2O5/c1-19(32-17-28(34)22-8-5-9-25(31)14-22)12-20-10-11-26-24(13-20)15-27(30(37)38-2)33(26)18-23-7-4-3-6-21(23)16-29(35)36/h3-11,13-15,19,28,32,34H,12,16-18H2,1-2H3,(H,35,36). The lowest BCUT2D eigenvalue weighted by atomic mass is 10.0. The molecule has 0 bridgehead atoms. The summed E-state index contributed by atoms with van der Waals surface area (Å²) >= 11 is 6.04. The molecule has 0 amide bonds. The number of aliphatic hydroxyl groups excluding tert-OH is 1. The molecule has 1 heterocycles. The van der Waals surface area contributed by atoms with Crippen molar-refractivity contribution >= 4 is 34.4 Å². The Morgan fingerprint density at radius 2 is 1.79 bits per heavy atom. The molecule has 198 valence electrons. The number of nitrogens with zero attached hydrogens (tertiary/aromatic N) is 1. The number of aromatic nitrogens is 1. The van der Waals surface area contributed by atoms with Crippen LogP contribution < -0.4 is 5.32 Å². The number of nitrogens with one attached hydrogen (secondary N) is 1. The van der Waals surface area contributed by atoms with Crippen molar-refractivity contribution in [1.82, 2.24) is 9.88 Å². The first kappa shape index (κ1) is 27.4. The van der Waals surface area contributed by atoms with Crippen LogP contribution in [0, 0.1) is 0 Å². The molecule has 0 aliphatic carbocycles. The summed E-state index contributed by atoms with van der Waals surface area (Å²) in [6, 6.07) is 22.5. The molecule has 3 N–H and O–H groups in total. The van der Waals surface area contributed by atoms with Gasteiger partial charge in [0.2, 0.25) is 0 Å². The summed E-state index contributed by atoms with van der Waals surface area (Å²) in [5, 5.41) is 24.7. The number of hydrogen-bond donors (Lipinski definition) is 3. The number of aliphatic hydroxyl groups is 1. The normalized spacial score (nSPS) is 12.8. The van der Waals surface area contributed by atoms with Crippen LogP contribution in [0.1, 0.15) is 45.8 Å². The zero-order valence-corrected chi connectivity index (χ0v) is 22.1. The molecule has 0 saturated heterocycles. The van der Waals surface area contributed by atoms with E-state index in [9.17, 15) is 19.8 Å². The summed E-state index contributed by atoms with van der Waals surface area (Å²) in [7, 11) is 1.35. The van der Waals surface area contributed by atoms with Gasteiger partial charge in [0.15, 0.2) is 0 Å². The maximum Gasteiger partial charge on any atom is 0.354 e. The number of carboxylic acid groups (broad SMARTS) is 1. The fourth-order valence-electron chi connectivity index (χ4n) is 4.68. The van der Waals surface area contributed by atoms with Crippen LogP contribution in [0.2, 0.25) is 5.02 Å². The zero-order valence-electron chi connectivity index (χ0n) is 21.4. The number of carbonyl (C=O) groups is 2. The average Bonchev–Trinajstić information content (AvgIpc) is 3.25. The molecule has 4 aromatic rings. The van der Waals surface area contributed by atoms with Gasteiger partial charge in [0.1, 0.15) is 5.69 Å². The Bertz CT molecular complexity index is 1450. The van der Waals surface area contributed by atoms with Crippen molar-refractivity contribution < 1.29 is 24.5 Å². The summed E-state index contributed by atoms with van der Waals surface area (Å²) in [5.41, 5.74) is 4.64. The molecule has 2 unspecified atom stereocenters. The monoisotopic (exact) mass is 534 g/mol. The van der Waals surface area contributed by atoms with E-state index in [1.807, 2.05) is 59.2 Å². The molecule has 7 nitrogen and oxygen atoms in total. The van der Waals surface area contributed by atoms with E-state index in [-0.39, 0.29) is 12.5 Å². The van der Waals surface area contributed by atoms with Crippen LogP contribution >= 0.6 is 11.6 Å². The van der Waals surface area contributed by atoms with Crippen LogP contribution in [-0.4, -0.2) is 46.4 Å². The second-order valence-electron chi connectivity index (χ2n) is 9.42. The van der Waals surface area contributed by atoms with Gasteiger partial charge in [-0.3, -0.25) is 4.79 Å². The summed E-state index contributed by atoms with van der Waals surface area (Å²) in [6.45, 7) is 2.79. The minimum atomic E-state index is -0.907. The van der Waals surface area contributed by atoms with Gasteiger partial charge in [0, 0.05) is 35.1 Å². The van der Waals surface area contributed by atoms with Gasteiger partial charge < -0.3 is 24.8 Å². The number of carbonyl (C=O) groups excluding carboxylic acids is 1. The quantitative estimate of drug-likeness (QED) is 0.234. The zero-order chi connectivity index (χ0) is 27.2. The highest BCUT2D eigenvalue weighted by molar-refractivity contribution is 6.30. The van der Waals surface area contributed by atoms with Gasteiger partial charge in [-0.1, -0.05) is 54.1 Å². The number of ether oxygens (including phenoxy) is 1. The Morgan fingerprint density at radius 1 is 1.03 bits per heavy atom. The first-order valence-electron chi connectivity index (χ1n) is 12.4. The van der Waals surface area contributed by atoms with Crippen molar-refractivity contribution in [1.29, 1.82) is 0 Å². The van der Waals surface area contributed by atoms with Gasteiger partial charge in [0.25, 0.3) is 0 Å².